The number of nitrogens with one attached hydrogen (secondary N) is 2. The topological polar surface area (TPSA) is 84.0 Å². The Bertz CT molecular complexity index is 1290. The summed E-state index contributed by atoms with van der Waals surface area (Å²) in [6.07, 6.45) is 8.21. The molecule has 2 atom stereocenters. The first-order valence-corrected chi connectivity index (χ1v) is 14.3. The molecule has 1 aliphatic rings. The van der Waals surface area contributed by atoms with E-state index in [4.69, 9.17) is 4.98 Å². The summed E-state index contributed by atoms with van der Waals surface area (Å²) in [6.45, 7) is 5.75. The van der Waals surface area contributed by atoms with Crippen LogP contribution in [0.3, 0.4) is 0 Å². The molecule has 3 aromatic rings. The molecule has 6 nitrogen and oxygen atoms in total. The second-order valence-corrected chi connectivity index (χ2v) is 11.9. The van der Waals surface area contributed by atoms with Crippen LogP contribution in [0.25, 0.3) is 11.3 Å². The Morgan fingerprint density at radius 1 is 1.11 bits per heavy atom. The summed E-state index contributed by atoms with van der Waals surface area (Å²) < 4.78 is 15.2. The van der Waals surface area contributed by atoms with E-state index in [2.05, 4.69) is 21.9 Å². The number of benzene rings is 2. The van der Waals surface area contributed by atoms with Gasteiger partial charge < -0.3 is 10.6 Å². The number of anilines is 1. The predicted octanol–water partition coefficient (Wildman–Crippen LogP) is 6.59. The SMILES string of the molecule is CS[C@@H]1CCC[C@@H](c2cnc(NC(=O)C(C)(C)C)c(-c3ccc(C(=O)NCc4ccccc4)c(F)c3)n2)C1. The number of hydrogen-bond acceptors (Lipinski definition) is 5. The quantitative estimate of drug-likeness (QED) is 0.357. The molecule has 8 heteroatoms. The Kier molecular flexibility index (Phi) is 8.82. The summed E-state index contributed by atoms with van der Waals surface area (Å²) in [5, 5.41) is 6.22. The van der Waals surface area contributed by atoms with Crippen LogP contribution >= 0.6 is 11.8 Å². The first-order chi connectivity index (χ1) is 18.2. The summed E-state index contributed by atoms with van der Waals surface area (Å²) in [6, 6.07) is 13.9. The minimum atomic E-state index is -0.659. The van der Waals surface area contributed by atoms with E-state index in [1.165, 1.54) is 18.6 Å². The van der Waals surface area contributed by atoms with Gasteiger partial charge in [0.25, 0.3) is 5.91 Å². The van der Waals surface area contributed by atoms with Crippen molar-refractivity contribution >= 4 is 29.4 Å². The lowest BCUT2D eigenvalue weighted by Crippen LogP contribution is -2.28. The van der Waals surface area contributed by atoms with Crippen LogP contribution in [0.2, 0.25) is 0 Å². The van der Waals surface area contributed by atoms with Crippen LogP contribution in [0.1, 0.15) is 74.0 Å². The maximum absolute atomic E-state index is 15.2. The van der Waals surface area contributed by atoms with Gasteiger partial charge in [0.2, 0.25) is 5.91 Å². The summed E-state index contributed by atoms with van der Waals surface area (Å²) in [5.41, 5.74) is 1.94. The van der Waals surface area contributed by atoms with E-state index >= 15 is 4.39 Å². The van der Waals surface area contributed by atoms with Gasteiger partial charge in [-0.15, -0.1) is 0 Å². The first-order valence-electron chi connectivity index (χ1n) is 13.0. The minimum absolute atomic E-state index is 0.0517. The van der Waals surface area contributed by atoms with Gasteiger partial charge in [-0.05, 0) is 43.2 Å². The first kappa shape index (κ1) is 27.8. The number of thioether (sulfide) groups is 1. The molecule has 0 aliphatic heterocycles. The summed E-state index contributed by atoms with van der Waals surface area (Å²) in [4.78, 5) is 35.0. The van der Waals surface area contributed by atoms with Crippen molar-refractivity contribution in [1.29, 1.82) is 0 Å². The van der Waals surface area contributed by atoms with Gasteiger partial charge in [-0.1, -0.05) is 63.6 Å². The van der Waals surface area contributed by atoms with Crippen LogP contribution < -0.4 is 10.6 Å². The van der Waals surface area contributed by atoms with Crippen LogP contribution in [0, 0.1) is 11.2 Å². The molecule has 2 N–H and O–H groups in total. The predicted molar refractivity (Wildman–Crippen MR) is 152 cm³/mol. The second kappa shape index (κ2) is 12.1. The van der Waals surface area contributed by atoms with E-state index in [9.17, 15) is 9.59 Å². The van der Waals surface area contributed by atoms with E-state index in [1.807, 2.05) is 62.9 Å². The third-order valence-electron chi connectivity index (χ3n) is 6.86. The minimum Gasteiger partial charge on any atom is -0.348 e. The normalized spacial score (nSPS) is 17.6. The number of rotatable bonds is 7. The van der Waals surface area contributed by atoms with E-state index in [-0.39, 0.29) is 23.2 Å². The van der Waals surface area contributed by atoms with E-state index in [0.717, 1.165) is 30.5 Å². The highest BCUT2D eigenvalue weighted by Gasteiger charge is 2.27. The number of amides is 2. The molecule has 1 aromatic heterocycles. The van der Waals surface area contributed by atoms with Crippen molar-refractivity contribution in [2.75, 3.05) is 11.6 Å². The van der Waals surface area contributed by atoms with E-state index in [0.29, 0.717) is 23.1 Å². The molecule has 0 bridgehead atoms. The lowest BCUT2D eigenvalue weighted by atomic mass is 9.86. The third-order valence-corrected chi connectivity index (χ3v) is 7.96. The zero-order valence-corrected chi connectivity index (χ0v) is 23.2. The van der Waals surface area contributed by atoms with Crippen molar-refractivity contribution in [2.24, 2.45) is 5.41 Å². The largest absolute Gasteiger partial charge is 0.348 e. The number of halogens is 1. The fourth-order valence-corrected chi connectivity index (χ4v) is 5.36. The Morgan fingerprint density at radius 3 is 2.55 bits per heavy atom. The lowest BCUT2D eigenvalue weighted by molar-refractivity contribution is -0.123. The van der Waals surface area contributed by atoms with Gasteiger partial charge in [-0.2, -0.15) is 11.8 Å². The molecular formula is C30H35FN4O2S. The molecule has 1 heterocycles. The van der Waals surface area contributed by atoms with E-state index in [1.54, 1.807) is 12.3 Å². The van der Waals surface area contributed by atoms with Crippen molar-refractivity contribution in [1.82, 2.24) is 15.3 Å². The van der Waals surface area contributed by atoms with Crippen LogP contribution in [-0.2, 0) is 11.3 Å². The molecule has 0 radical (unpaired) electrons. The van der Waals surface area contributed by atoms with Gasteiger partial charge in [-0.3, -0.25) is 9.59 Å². The average molecular weight is 535 g/mol. The number of hydrogen-bond donors (Lipinski definition) is 2. The molecule has 38 heavy (non-hydrogen) atoms. The number of aromatic nitrogens is 2. The zero-order chi connectivity index (χ0) is 27.3. The molecule has 1 aliphatic carbocycles. The molecule has 4 rings (SSSR count). The molecule has 0 unspecified atom stereocenters. The van der Waals surface area contributed by atoms with Gasteiger partial charge >= 0.3 is 0 Å². The fourth-order valence-electron chi connectivity index (χ4n) is 4.53. The maximum Gasteiger partial charge on any atom is 0.254 e. The fraction of sp³-hybridized carbons (Fsp3) is 0.400. The van der Waals surface area contributed by atoms with Crippen LogP contribution in [0.15, 0.2) is 54.7 Å². The van der Waals surface area contributed by atoms with Gasteiger partial charge in [0, 0.05) is 28.7 Å². The molecular weight excluding hydrogens is 499 g/mol. The smallest absolute Gasteiger partial charge is 0.254 e. The second-order valence-electron chi connectivity index (χ2n) is 10.8. The van der Waals surface area contributed by atoms with E-state index < -0.39 is 17.1 Å². The van der Waals surface area contributed by atoms with Crippen molar-refractivity contribution < 1.29 is 14.0 Å². The van der Waals surface area contributed by atoms with Crippen molar-refractivity contribution in [3.8, 4) is 11.3 Å². The Balaban J connectivity index is 1.63. The summed E-state index contributed by atoms with van der Waals surface area (Å²) >= 11 is 1.88. The molecule has 0 saturated heterocycles. The summed E-state index contributed by atoms with van der Waals surface area (Å²) in [5.74, 6) is -0.824. The molecule has 0 spiro atoms. The number of nitrogens with zero attached hydrogens (tertiary/aromatic N) is 2. The molecule has 2 amide bonds. The third kappa shape index (κ3) is 6.78. The van der Waals surface area contributed by atoms with Crippen LogP contribution in [0.5, 0.6) is 0 Å². The number of carbonyl (C=O) groups excluding carboxylic acids is 2. The number of carbonyl (C=O) groups is 2. The average Bonchev–Trinajstić information content (AvgIpc) is 2.92. The highest BCUT2D eigenvalue weighted by Crippen LogP contribution is 2.38. The van der Waals surface area contributed by atoms with Gasteiger partial charge in [0.15, 0.2) is 5.82 Å². The zero-order valence-electron chi connectivity index (χ0n) is 22.4. The highest BCUT2D eigenvalue weighted by atomic mass is 32.2. The van der Waals surface area contributed by atoms with Gasteiger partial charge in [0.1, 0.15) is 11.5 Å². The maximum atomic E-state index is 15.2. The lowest BCUT2D eigenvalue weighted by Gasteiger charge is -2.28. The molecule has 1 fully saturated rings. The Morgan fingerprint density at radius 2 is 1.87 bits per heavy atom. The van der Waals surface area contributed by atoms with Crippen LogP contribution in [0.4, 0.5) is 10.2 Å². The van der Waals surface area contributed by atoms with Crippen molar-refractivity contribution in [3.05, 3.63) is 77.4 Å². The van der Waals surface area contributed by atoms with Gasteiger partial charge in [-0.25, -0.2) is 14.4 Å². The van der Waals surface area contributed by atoms with Crippen LogP contribution in [-0.4, -0.2) is 33.3 Å². The van der Waals surface area contributed by atoms with Crippen molar-refractivity contribution in [3.63, 3.8) is 0 Å². The monoisotopic (exact) mass is 534 g/mol. The molecule has 2 aromatic carbocycles. The summed E-state index contributed by atoms with van der Waals surface area (Å²) in [7, 11) is 0. The molecule has 200 valence electrons. The van der Waals surface area contributed by atoms with Crippen molar-refractivity contribution in [2.45, 2.75) is 64.2 Å². The van der Waals surface area contributed by atoms with Gasteiger partial charge in [0.05, 0.1) is 17.5 Å². The molecule has 1 saturated carbocycles. The Labute approximate surface area is 228 Å². The highest BCUT2D eigenvalue weighted by molar-refractivity contribution is 7.99. The standard InChI is InChI=1S/C30H35FN4O2S/c1-30(2,3)29(37)35-27-26(34-25(18-32-27)20-11-8-12-22(15-20)38-4)21-13-14-23(24(31)16-21)28(36)33-17-19-9-6-5-7-10-19/h5-7,9-10,13-14,16,18,20,22H,8,11-12,15,17H2,1-4H3,(H,33,36)(H,32,35,37)/t20-,22-/m1/s1. The Hall–Kier alpha value is -3.26.